The van der Waals surface area contributed by atoms with Crippen LogP contribution in [0.5, 0.6) is 0 Å². The summed E-state index contributed by atoms with van der Waals surface area (Å²) < 4.78 is 25.8. The van der Waals surface area contributed by atoms with Crippen LogP contribution < -0.4 is 0 Å². The van der Waals surface area contributed by atoms with E-state index in [4.69, 9.17) is 23.7 Å². The fourth-order valence-electron chi connectivity index (χ4n) is 4.02. The van der Waals surface area contributed by atoms with Crippen LogP contribution in [0, 0.1) is 0 Å². The summed E-state index contributed by atoms with van der Waals surface area (Å²) in [6.07, 6.45) is -27.8. The van der Waals surface area contributed by atoms with Crippen molar-refractivity contribution in [1.82, 2.24) is 0 Å². The second-order valence-corrected chi connectivity index (χ2v) is 8.37. The Labute approximate surface area is 196 Å². The van der Waals surface area contributed by atoms with E-state index in [2.05, 4.69) is 0 Å². The van der Waals surface area contributed by atoms with Gasteiger partial charge in [-0.05, 0) is 0 Å². The number of carboxylic acid groups (broad SMARTS) is 1. The highest BCUT2D eigenvalue weighted by Gasteiger charge is 2.55. The summed E-state index contributed by atoms with van der Waals surface area (Å²) in [4.78, 5) is 11.8. The van der Waals surface area contributed by atoms with Crippen molar-refractivity contribution in [3.8, 4) is 0 Å². The highest BCUT2D eigenvalue weighted by molar-refractivity contribution is 5.73. The molecule has 1 unspecified atom stereocenters. The Hall–Kier alpha value is -1.13. The second kappa shape index (κ2) is 11.5. The van der Waals surface area contributed by atoms with Gasteiger partial charge in [0.2, 0.25) is 0 Å². The molecule has 17 nitrogen and oxygen atoms in total. The van der Waals surface area contributed by atoms with Gasteiger partial charge >= 0.3 is 5.97 Å². The van der Waals surface area contributed by atoms with Crippen molar-refractivity contribution in [2.45, 2.75) is 92.1 Å². The van der Waals surface area contributed by atoms with Crippen molar-refractivity contribution in [2.75, 3.05) is 13.2 Å². The molecule has 0 aromatic heterocycles. The lowest BCUT2D eigenvalue weighted by Gasteiger charge is -2.47. The molecule has 0 saturated carbocycles. The normalized spacial score (nSPS) is 51.2. The summed E-state index contributed by atoms with van der Waals surface area (Å²) >= 11 is 0. The van der Waals surface area contributed by atoms with E-state index < -0.39 is 111 Å². The van der Waals surface area contributed by atoms with Crippen LogP contribution in [-0.4, -0.2) is 167 Å². The first kappa shape index (κ1) is 28.4. The Morgan fingerprint density at radius 3 is 1.69 bits per heavy atom. The molecule has 0 aromatic rings. The van der Waals surface area contributed by atoms with Gasteiger partial charge in [0.05, 0.1) is 13.2 Å². The molecule has 3 heterocycles. The van der Waals surface area contributed by atoms with Gasteiger partial charge in [-0.1, -0.05) is 0 Å². The van der Waals surface area contributed by atoms with Gasteiger partial charge in [-0.25, -0.2) is 4.79 Å². The second-order valence-electron chi connectivity index (χ2n) is 8.37. The van der Waals surface area contributed by atoms with Gasteiger partial charge in [0.15, 0.2) is 25.0 Å². The predicted octanol–water partition coefficient (Wildman–Crippen LogP) is -7.48. The van der Waals surface area contributed by atoms with Gasteiger partial charge in [-0.2, -0.15) is 0 Å². The lowest BCUT2D eigenvalue weighted by Crippen LogP contribution is -2.67. The van der Waals surface area contributed by atoms with E-state index in [0.717, 1.165) is 0 Å². The van der Waals surface area contributed by atoms with E-state index in [-0.39, 0.29) is 0 Å². The van der Waals surface area contributed by atoms with Crippen LogP contribution in [0.25, 0.3) is 0 Å². The minimum Gasteiger partial charge on any atom is -0.479 e. The summed E-state index contributed by atoms with van der Waals surface area (Å²) in [6.45, 7) is -1.64. The summed E-state index contributed by atoms with van der Waals surface area (Å²) in [6, 6.07) is 0. The van der Waals surface area contributed by atoms with Crippen molar-refractivity contribution >= 4 is 5.97 Å². The molecular formula is C18H30O17. The lowest BCUT2D eigenvalue weighted by atomic mass is 9.96. The molecule has 3 aliphatic heterocycles. The average molecular weight is 518 g/mol. The largest absolute Gasteiger partial charge is 0.479 e. The fraction of sp³-hybridized carbons (Fsp3) is 0.944. The van der Waals surface area contributed by atoms with Crippen molar-refractivity contribution in [3.05, 3.63) is 0 Å². The molecule has 3 aliphatic rings. The van der Waals surface area contributed by atoms with E-state index in [0.29, 0.717) is 0 Å². The minimum atomic E-state index is -2.10. The van der Waals surface area contributed by atoms with E-state index >= 15 is 0 Å². The van der Waals surface area contributed by atoms with Gasteiger partial charge in [0, 0.05) is 0 Å². The number of hydrogen-bond acceptors (Lipinski definition) is 16. The van der Waals surface area contributed by atoms with E-state index in [9.17, 15) is 61.0 Å². The number of hydrogen-bond donors (Lipinski definition) is 11. The zero-order chi connectivity index (χ0) is 26.2. The Balaban J connectivity index is 1.77. The molecule has 204 valence electrons. The molecular weight excluding hydrogens is 488 g/mol. The fourth-order valence-corrected chi connectivity index (χ4v) is 4.02. The predicted molar refractivity (Wildman–Crippen MR) is 102 cm³/mol. The molecule has 0 radical (unpaired) electrons. The maximum atomic E-state index is 11.8. The third-order valence-electron chi connectivity index (χ3n) is 6.06. The first-order valence-corrected chi connectivity index (χ1v) is 10.6. The summed E-state index contributed by atoms with van der Waals surface area (Å²) in [5.41, 5.74) is 0. The zero-order valence-corrected chi connectivity index (χ0v) is 17.9. The number of ether oxygens (including phenoxy) is 5. The number of carbonyl (C=O) groups is 1. The average Bonchev–Trinajstić information content (AvgIpc) is 2.83. The Morgan fingerprint density at radius 2 is 1.11 bits per heavy atom. The van der Waals surface area contributed by atoms with Gasteiger partial charge in [-0.3, -0.25) is 0 Å². The minimum absolute atomic E-state index is 0.812. The molecule has 0 bridgehead atoms. The molecule has 3 saturated heterocycles. The molecule has 35 heavy (non-hydrogen) atoms. The topological polar surface area (TPSA) is 286 Å². The SMILES string of the molecule is O=C(O)[C@H]1O[C@@H](O[C@H]2[C@H](O)[C@@H](O)C(O)O[C@@H]2CO)[C@H](O)[C@@H](O)[C@@H]1O[C@@H]1O[C@H](CO)[C@@H](O)[C@H](O)[C@H]1O. The zero-order valence-electron chi connectivity index (χ0n) is 17.9. The lowest BCUT2D eigenvalue weighted by molar-refractivity contribution is -0.372. The van der Waals surface area contributed by atoms with Crippen molar-refractivity contribution in [2.24, 2.45) is 0 Å². The first-order chi connectivity index (χ1) is 16.4. The van der Waals surface area contributed by atoms with Crippen LogP contribution in [0.15, 0.2) is 0 Å². The smallest absolute Gasteiger partial charge is 0.335 e. The highest BCUT2D eigenvalue weighted by atomic mass is 16.8. The number of aliphatic hydroxyl groups excluding tert-OH is 10. The maximum Gasteiger partial charge on any atom is 0.335 e. The summed E-state index contributed by atoms with van der Waals surface area (Å²) in [5, 5.41) is 109. The Bertz CT molecular complexity index is 707. The number of aliphatic carboxylic acids is 1. The van der Waals surface area contributed by atoms with Gasteiger partial charge in [-0.15, -0.1) is 0 Å². The van der Waals surface area contributed by atoms with Gasteiger partial charge in [0.25, 0.3) is 0 Å². The highest BCUT2D eigenvalue weighted by Crippen LogP contribution is 2.32. The van der Waals surface area contributed by atoms with E-state index in [1.165, 1.54) is 0 Å². The molecule has 17 heteroatoms. The maximum absolute atomic E-state index is 11.8. The molecule has 11 N–H and O–H groups in total. The molecule has 0 spiro atoms. The summed E-state index contributed by atoms with van der Waals surface area (Å²) in [5.74, 6) is -1.74. The van der Waals surface area contributed by atoms with Crippen LogP contribution in [0.2, 0.25) is 0 Å². The van der Waals surface area contributed by atoms with Crippen LogP contribution in [-0.2, 0) is 28.5 Å². The van der Waals surface area contributed by atoms with Crippen molar-refractivity contribution in [1.29, 1.82) is 0 Å². The summed E-state index contributed by atoms with van der Waals surface area (Å²) in [7, 11) is 0. The van der Waals surface area contributed by atoms with Crippen LogP contribution in [0.3, 0.4) is 0 Å². The van der Waals surface area contributed by atoms with E-state index in [1.807, 2.05) is 0 Å². The van der Waals surface area contributed by atoms with Crippen molar-refractivity contribution < 1.29 is 84.7 Å². The van der Waals surface area contributed by atoms with Gasteiger partial charge < -0.3 is 79.9 Å². The molecule has 15 atom stereocenters. The quantitative estimate of drug-likeness (QED) is 0.149. The number of rotatable bonds is 7. The van der Waals surface area contributed by atoms with Crippen LogP contribution in [0.4, 0.5) is 0 Å². The number of carboxylic acids is 1. The molecule has 0 aromatic carbocycles. The number of aliphatic hydroxyl groups is 10. The van der Waals surface area contributed by atoms with Crippen LogP contribution in [0.1, 0.15) is 0 Å². The standard InChI is InChI=1S/C18H30O17/c19-1-3-5(21)6(22)10(26)17(32-3)34-13-8(24)11(27)18(35-14(13)15(28)29)33-12-4(2-20)31-16(30)9(25)7(12)23/h3-14,16-27,30H,1-2H2,(H,28,29)/t3-,4-,5-,6+,7-,8-,9-,10-,11-,12-,13+,14+,16?,17+,18-/m1/s1. The molecule has 3 fully saturated rings. The van der Waals surface area contributed by atoms with Gasteiger partial charge in [0.1, 0.15) is 67.1 Å². The molecule has 0 aliphatic carbocycles. The monoisotopic (exact) mass is 518 g/mol. The molecule has 3 rings (SSSR count). The third kappa shape index (κ3) is 5.59. The Morgan fingerprint density at radius 1 is 0.600 bits per heavy atom. The van der Waals surface area contributed by atoms with Crippen LogP contribution >= 0.6 is 0 Å². The first-order valence-electron chi connectivity index (χ1n) is 10.6. The van der Waals surface area contributed by atoms with E-state index in [1.54, 1.807) is 0 Å². The Kier molecular flexibility index (Phi) is 9.35. The third-order valence-corrected chi connectivity index (χ3v) is 6.06. The molecule has 0 amide bonds. The van der Waals surface area contributed by atoms with Crippen molar-refractivity contribution in [3.63, 3.8) is 0 Å².